The summed E-state index contributed by atoms with van der Waals surface area (Å²) in [5, 5.41) is 3.55. The van der Waals surface area contributed by atoms with E-state index in [-0.39, 0.29) is 5.91 Å². The summed E-state index contributed by atoms with van der Waals surface area (Å²) >= 11 is 5.93. The molecule has 0 atom stereocenters. The van der Waals surface area contributed by atoms with Gasteiger partial charge in [-0.05, 0) is 43.0 Å². The highest BCUT2D eigenvalue weighted by Crippen LogP contribution is 2.20. The Kier molecular flexibility index (Phi) is 5.19. The Labute approximate surface area is 124 Å². The van der Waals surface area contributed by atoms with Crippen molar-refractivity contribution in [1.29, 1.82) is 0 Å². The molecule has 0 aliphatic heterocycles. The minimum atomic E-state index is 0.0336. The van der Waals surface area contributed by atoms with Crippen molar-refractivity contribution in [2.24, 2.45) is 0 Å². The Bertz CT molecular complexity index is 581. The second-order valence-electron chi connectivity index (χ2n) is 4.85. The molecule has 0 aromatic heterocycles. The van der Waals surface area contributed by atoms with Crippen LogP contribution in [0, 0.1) is 6.92 Å². The molecule has 2 aromatic rings. The Morgan fingerprint density at radius 1 is 1.15 bits per heavy atom. The number of nitrogens with one attached hydrogen (secondary N) is 1. The van der Waals surface area contributed by atoms with Crippen LogP contribution in [0.25, 0.3) is 0 Å². The highest BCUT2D eigenvalue weighted by atomic mass is 35.5. The van der Waals surface area contributed by atoms with Crippen LogP contribution in [0.1, 0.15) is 24.0 Å². The lowest BCUT2D eigenvalue weighted by atomic mass is 10.1. The van der Waals surface area contributed by atoms with Crippen LogP contribution < -0.4 is 5.32 Å². The molecule has 2 rings (SSSR count). The molecule has 0 fully saturated rings. The molecular weight excluding hydrogens is 270 g/mol. The third kappa shape index (κ3) is 4.39. The first-order chi connectivity index (χ1) is 9.65. The van der Waals surface area contributed by atoms with E-state index in [1.54, 1.807) is 6.07 Å². The number of amides is 1. The van der Waals surface area contributed by atoms with Crippen molar-refractivity contribution < 1.29 is 4.79 Å². The molecule has 0 unspecified atom stereocenters. The van der Waals surface area contributed by atoms with E-state index in [1.165, 1.54) is 5.56 Å². The van der Waals surface area contributed by atoms with E-state index in [2.05, 4.69) is 17.4 Å². The van der Waals surface area contributed by atoms with Crippen molar-refractivity contribution in [3.63, 3.8) is 0 Å². The third-order valence-electron chi connectivity index (χ3n) is 3.19. The average molecular weight is 288 g/mol. The van der Waals surface area contributed by atoms with Crippen molar-refractivity contribution in [1.82, 2.24) is 0 Å². The molecule has 104 valence electrons. The van der Waals surface area contributed by atoms with Gasteiger partial charge in [0.15, 0.2) is 0 Å². The summed E-state index contributed by atoms with van der Waals surface area (Å²) in [4.78, 5) is 11.9. The van der Waals surface area contributed by atoms with Gasteiger partial charge in [0.25, 0.3) is 0 Å². The molecule has 0 saturated carbocycles. The lowest BCUT2D eigenvalue weighted by Gasteiger charge is -2.08. The van der Waals surface area contributed by atoms with Gasteiger partial charge >= 0.3 is 0 Å². The lowest BCUT2D eigenvalue weighted by Crippen LogP contribution is -2.12. The summed E-state index contributed by atoms with van der Waals surface area (Å²) in [7, 11) is 0. The highest BCUT2D eigenvalue weighted by molar-refractivity contribution is 6.31. The molecule has 0 radical (unpaired) electrons. The van der Waals surface area contributed by atoms with Crippen molar-refractivity contribution in [3.05, 3.63) is 64.7 Å². The average Bonchev–Trinajstić information content (AvgIpc) is 2.44. The minimum Gasteiger partial charge on any atom is -0.326 e. The number of carbonyl (C=O) groups is 1. The van der Waals surface area contributed by atoms with E-state index in [9.17, 15) is 4.79 Å². The summed E-state index contributed by atoms with van der Waals surface area (Å²) in [5.74, 6) is 0.0336. The number of rotatable bonds is 5. The van der Waals surface area contributed by atoms with Crippen molar-refractivity contribution in [2.75, 3.05) is 5.32 Å². The SMILES string of the molecule is Cc1ccc(Cl)cc1NC(=O)CCCc1ccccc1. The molecule has 0 spiro atoms. The molecular formula is C17H18ClNO. The Hall–Kier alpha value is -1.80. The summed E-state index contributed by atoms with van der Waals surface area (Å²) in [6, 6.07) is 15.7. The van der Waals surface area contributed by atoms with E-state index in [4.69, 9.17) is 11.6 Å². The van der Waals surface area contributed by atoms with Crippen LogP contribution in [-0.4, -0.2) is 5.91 Å². The summed E-state index contributed by atoms with van der Waals surface area (Å²) in [5.41, 5.74) is 3.08. The zero-order valence-corrected chi connectivity index (χ0v) is 12.3. The van der Waals surface area contributed by atoms with E-state index in [0.29, 0.717) is 11.4 Å². The smallest absolute Gasteiger partial charge is 0.224 e. The molecule has 0 bridgehead atoms. The number of aryl methyl sites for hydroxylation is 2. The van der Waals surface area contributed by atoms with Crippen LogP contribution in [0.5, 0.6) is 0 Å². The molecule has 1 N–H and O–H groups in total. The predicted octanol–water partition coefficient (Wildman–Crippen LogP) is 4.61. The normalized spacial score (nSPS) is 10.3. The summed E-state index contributed by atoms with van der Waals surface area (Å²) in [6.07, 6.45) is 2.28. The van der Waals surface area contributed by atoms with E-state index in [1.807, 2.05) is 37.3 Å². The maximum atomic E-state index is 11.9. The van der Waals surface area contributed by atoms with Crippen molar-refractivity contribution >= 4 is 23.2 Å². The monoisotopic (exact) mass is 287 g/mol. The number of hydrogen-bond acceptors (Lipinski definition) is 1. The number of anilines is 1. The second kappa shape index (κ2) is 7.11. The van der Waals surface area contributed by atoms with Gasteiger partial charge in [0.05, 0.1) is 0 Å². The van der Waals surface area contributed by atoms with Crippen molar-refractivity contribution in [3.8, 4) is 0 Å². The topological polar surface area (TPSA) is 29.1 Å². The Morgan fingerprint density at radius 2 is 1.90 bits per heavy atom. The molecule has 2 nitrogen and oxygen atoms in total. The number of benzene rings is 2. The van der Waals surface area contributed by atoms with Gasteiger partial charge in [-0.3, -0.25) is 4.79 Å². The van der Waals surface area contributed by atoms with E-state index in [0.717, 1.165) is 24.1 Å². The molecule has 0 heterocycles. The fourth-order valence-electron chi connectivity index (χ4n) is 2.04. The first kappa shape index (κ1) is 14.6. The number of halogens is 1. The Balaban J connectivity index is 1.82. The van der Waals surface area contributed by atoms with Crippen LogP contribution in [0.15, 0.2) is 48.5 Å². The fraction of sp³-hybridized carbons (Fsp3) is 0.235. The maximum absolute atomic E-state index is 11.9. The first-order valence-corrected chi connectivity index (χ1v) is 7.13. The van der Waals surface area contributed by atoms with Gasteiger partial charge in [0.1, 0.15) is 0 Å². The van der Waals surface area contributed by atoms with Crippen LogP contribution in [0.3, 0.4) is 0 Å². The predicted molar refractivity (Wildman–Crippen MR) is 84.2 cm³/mol. The summed E-state index contributed by atoms with van der Waals surface area (Å²) < 4.78 is 0. The van der Waals surface area contributed by atoms with Crippen LogP contribution >= 0.6 is 11.6 Å². The zero-order chi connectivity index (χ0) is 14.4. The first-order valence-electron chi connectivity index (χ1n) is 6.75. The number of hydrogen-bond donors (Lipinski definition) is 1. The molecule has 3 heteroatoms. The van der Waals surface area contributed by atoms with Gasteiger partial charge in [-0.25, -0.2) is 0 Å². The molecule has 20 heavy (non-hydrogen) atoms. The minimum absolute atomic E-state index is 0.0336. The van der Waals surface area contributed by atoms with Gasteiger partial charge in [0, 0.05) is 17.1 Å². The largest absolute Gasteiger partial charge is 0.326 e. The van der Waals surface area contributed by atoms with Crippen LogP contribution in [0.4, 0.5) is 5.69 Å². The lowest BCUT2D eigenvalue weighted by molar-refractivity contribution is -0.116. The Morgan fingerprint density at radius 3 is 2.65 bits per heavy atom. The third-order valence-corrected chi connectivity index (χ3v) is 3.42. The van der Waals surface area contributed by atoms with E-state index < -0.39 is 0 Å². The van der Waals surface area contributed by atoms with Gasteiger partial charge < -0.3 is 5.32 Å². The molecule has 2 aromatic carbocycles. The van der Waals surface area contributed by atoms with Crippen LogP contribution in [-0.2, 0) is 11.2 Å². The van der Waals surface area contributed by atoms with Gasteiger partial charge in [0.2, 0.25) is 5.91 Å². The maximum Gasteiger partial charge on any atom is 0.224 e. The fourth-order valence-corrected chi connectivity index (χ4v) is 2.21. The quantitative estimate of drug-likeness (QED) is 0.855. The van der Waals surface area contributed by atoms with E-state index >= 15 is 0 Å². The molecule has 0 aliphatic carbocycles. The second-order valence-corrected chi connectivity index (χ2v) is 5.28. The molecule has 0 saturated heterocycles. The zero-order valence-electron chi connectivity index (χ0n) is 11.5. The summed E-state index contributed by atoms with van der Waals surface area (Å²) in [6.45, 7) is 1.95. The number of carbonyl (C=O) groups excluding carboxylic acids is 1. The van der Waals surface area contributed by atoms with Crippen LogP contribution in [0.2, 0.25) is 5.02 Å². The molecule has 0 aliphatic rings. The standard InChI is InChI=1S/C17H18ClNO/c1-13-10-11-15(18)12-16(13)19-17(20)9-5-8-14-6-3-2-4-7-14/h2-4,6-7,10-12H,5,8-9H2,1H3,(H,19,20). The molecule has 1 amide bonds. The van der Waals surface area contributed by atoms with Gasteiger partial charge in [-0.15, -0.1) is 0 Å². The van der Waals surface area contributed by atoms with Gasteiger partial charge in [-0.2, -0.15) is 0 Å². The van der Waals surface area contributed by atoms with Gasteiger partial charge in [-0.1, -0.05) is 48.0 Å². The highest BCUT2D eigenvalue weighted by Gasteiger charge is 2.05. The van der Waals surface area contributed by atoms with Crippen molar-refractivity contribution in [2.45, 2.75) is 26.2 Å².